The third-order valence-corrected chi connectivity index (χ3v) is 2.93. The number of halogens is 1. The lowest BCUT2D eigenvalue weighted by Gasteiger charge is -2.12. The Morgan fingerprint density at radius 3 is 2.37 bits per heavy atom. The van der Waals surface area contributed by atoms with Crippen molar-refractivity contribution in [2.75, 3.05) is 0 Å². The standard InChI is InChI=1S/C15H17FO3/c1-3-13(11-4-6-12(16)7-5-11)14(15(18)19)8-10(2)9-17/h4-7,9-10H,3,8H2,1-2H3,(H,18,19). The van der Waals surface area contributed by atoms with Gasteiger partial charge in [0.15, 0.2) is 0 Å². The van der Waals surface area contributed by atoms with Crippen LogP contribution < -0.4 is 0 Å². The Morgan fingerprint density at radius 1 is 1.37 bits per heavy atom. The third kappa shape index (κ3) is 4.02. The fraction of sp³-hybridized carbons (Fsp3) is 0.333. The van der Waals surface area contributed by atoms with Crippen molar-refractivity contribution >= 4 is 17.8 Å². The molecule has 4 heteroatoms. The molecule has 0 saturated carbocycles. The molecule has 0 bridgehead atoms. The van der Waals surface area contributed by atoms with Gasteiger partial charge in [-0.05, 0) is 36.1 Å². The molecule has 1 atom stereocenters. The molecular weight excluding hydrogens is 247 g/mol. The number of benzene rings is 1. The van der Waals surface area contributed by atoms with Crippen LogP contribution in [0.1, 0.15) is 32.3 Å². The minimum Gasteiger partial charge on any atom is -0.478 e. The van der Waals surface area contributed by atoms with Gasteiger partial charge in [0.1, 0.15) is 12.1 Å². The lowest BCUT2D eigenvalue weighted by Crippen LogP contribution is -2.09. The zero-order valence-electron chi connectivity index (χ0n) is 11.0. The molecule has 0 fully saturated rings. The summed E-state index contributed by atoms with van der Waals surface area (Å²) < 4.78 is 12.9. The number of aldehydes is 1. The summed E-state index contributed by atoms with van der Waals surface area (Å²) in [5.74, 6) is -1.75. The number of hydrogen-bond donors (Lipinski definition) is 1. The normalized spacial score (nSPS) is 13.6. The van der Waals surface area contributed by atoms with E-state index in [0.717, 1.165) is 6.29 Å². The van der Waals surface area contributed by atoms with Crippen LogP contribution in [0.25, 0.3) is 5.57 Å². The predicted molar refractivity (Wildman–Crippen MR) is 71.1 cm³/mol. The largest absolute Gasteiger partial charge is 0.478 e. The summed E-state index contributed by atoms with van der Waals surface area (Å²) in [7, 11) is 0. The smallest absolute Gasteiger partial charge is 0.331 e. The van der Waals surface area contributed by atoms with Crippen LogP contribution >= 0.6 is 0 Å². The van der Waals surface area contributed by atoms with Gasteiger partial charge in [0.2, 0.25) is 0 Å². The lowest BCUT2D eigenvalue weighted by atomic mass is 9.92. The molecule has 0 amide bonds. The number of hydrogen-bond acceptors (Lipinski definition) is 2. The van der Waals surface area contributed by atoms with E-state index in [0.29, 0.717) is 17.6 Å². The van der Waals surface area contributed by atoms with E-state index in [4.69, 9.17) is 0 Å². The number of carboxylic acids is 1. The highest BCUT2D eigenvalue weighted by atomic mass is 19.1. The zero-order valence-corrected chi connectivity index (χ0v) is 11.0. The van der Waals surface area contributed by atoms with Crippen LogP contribution in [0.4, 0.5) is 4.39 Å². The first-order valence-electron chi connectivity index (χ1n) is 6.16. The molecule has 1 N–H and O–H groups in total. The van der Waals surface area contributed by atoms with E-state index in [9.17, 15) is 19.1 Å². The minimum atomic E-state index is -1.03. The summed E-state index contributed by atoms with van der Waals surface area (Å²) >= 11 is 0. The second-order valence-electron chi connectivity index (χ2n) is 4.44. The number of carbonyl (C=O) groups is 2. The fourth-order valence-corrected chi connectivity index (χ4v) is 1.95. The molecule has 0 aliphatic heterocycles. The van der Waals surface area contributed by atoms with E-state index in [-0.39, 0.29) is 23.7 Å². The highest BCUT2D eigenvalue weighted by molar-refractivity contribution is 5.96. The highest BCUT2D eigenvalue weighted by Gasteiger charge is 2.17. The molecule has 3 nitrogen and oxygen atoms in total. The van der Waals surface area contributed by atoms with E-state index >= 15 is 0 Å². The Balaban J connectivity index is 3.25. The van der Waals surface area contributed by atoms with Crippen molar-refractivity contribution in [3.63, 3.8) is 0 Å². The van der Waals surface area contributed by atoms with Crippen molar-refractivity contribution in [2.45, 2.75) is 26.7 Å². The predicted octanol–water partition coefficient (Wildman–Crippen LogP) is 3.30. The Morgan fingerprint density at radius 2 is 1.95 bits per heavy atom. The van der Waals surface area contributed by atoms with Crippen LogP contribution in [0.3, 0.4) is 0 Å². The third-order valence-electron chi connectivity index (χ3n) is 2.93. The van der Waals surface area contributed by atoms with Crippen LogP contribution in [-0.4, -0.2) is 17.4 Å². The number of rotatable bonds is 6. The molecule has 1 rings (SSSR count). The average molecular weight is 264 g/mol. The van der Waals surface area contributed by atoms with Crippen LogP contribution in [0.2, 0.25) is 0 Å². The van der Waals surface area contributed by atoms with Crippen molar-refractivity contribution < 1.29 is 19.1 Å². The Labute approximate surface area is 111 Å². The molecule has 0 aromatic heterocycles. The van der Waals surface area contributed by atoms with Crippen LogP contribution in [-0.2, 0) is 9.59 Å². The first-order chi connectivity index (χ1) is 8.99. The van der Waals surface area contributed by atoms with Crippen molar-refractivity contribution in [2.24, 2.45) is 5.92 Å². The fourth-order valence-electron chi connectivity index (χ4n) is 1.95. The van der Waals surface area contributed by atoms with Crippen molar-refractivity contribution in [1.82, 2.24) is 0 Å². The number of aliphatic carboxylic acids is 1. The van der Waals surface area contributed by atoms with E-state index in [1.807, 2.05) is 6.92 Å². The summed E-state index contributed by atoms with van der Waals surface area (Å²) in [4.78, 5) is 22.0. The van der Waals surface area contributed by atoms with E-state index < -0.39 is 5.97 Å². The first-order valence-corrected chi connectivity index (χ1v) is 6.16. The van der Waals surface area contributed by atoms with Gasteiger partial charge in [0, 0.05) is 11.5 Å². The SMILES string of the molecule is CCC(=C(CC(C)C=O)C(=O)O)c1ccc(F)cc1. The maximum absolute atomic E-state index is 12.9. The molecule has 102 valence electrons. The molecule has 1 aromatic carbocycles. The Bertz CT molecular complexity index is 489. The van der Waals surface area contributed by atoms with Crippen molar-refractivity contribution in [1.29, 1.82) is 0 Å². The maximum atomic E-state index is 12.9. The van der Waals surface area contributed by atoms with Gasteiger partial charge < -0.3 is 9.90 Å². The Kier molecular flexibility index (Phi) is 5.42. The number of carbonyl (C=O) groups excluding carboxylic acids is 1. The summed E-state index contributed by atoms with van der Waals surface area (Å²) in [6.45, 7) is 3.51. The van der Waals surface area contributed by atoms with Gasteiger partial charge in [-0.2, -0.15) is 0 Å². The molecular formula is C15H17FO3. The average Bonchev–Trinajstić information content (AvgIpc) is 2.39. The van der Waals surface area contributed by atoms with Crippen LogP contribution in [0.5, 0.6) is 0 Å². The van der Waals surface area contributed by atoms with Gasteiger partial charge >= 0.3 is 5.97 Å². The molecule has 0 aliphatic carbocycles. The summed E-state index contributed by atoms with van der Waals surface area (Å²) in [6.07, 6.45) is 1.43. The van der Waals surface area contributed by atoms with Gasteiger partial charge in [-0.15, -0.1) is 0 Å². The van der Waals surface area contributed by atoms with Gasteiger partial charge in [-0.25, -0.2) is 9.18 Å². The summed E-state index contributed by atoms with van der Waals surface area (Å²) in [6, 6.07) is 5.71. The van der Waals surface area contributed by atoms with Crippen molar-refractivity contribution in [3.05, 3.63) is 41.2 Å². The minimum absolute atomic E-state index is 0.180. The second kappa shape index (κ2) is 6.83. The first kappa shape index (κ1) is 15.1. The molecule has 0 radical (unpaired) electrons. The molecule has 0 heterocycles. The Hall–Kier alpha value is -1.97. The maximum Gasteiger partial charge on any atom is 0.331 e. The van der Waals surface area contributed by atoms with Crippen LogP contribution in [0.15, 0.2) is 29.8 Å². The highest BCUT2D eigenvalue weighted by Crippen LogP contribution is 2.26. The van der Waals surface area contributed by atoms with Gasteiger partial charge in [0.05, 0.1) is 0 Å². The quantitative estimate of drug-likeness (QED) is 0.633. The molecule has 0 aliphatic rings. The number of allylic oxidation sites excluding steroid dienone is 1. The molecule has 1 unspecified atom stereocenters. The van der Waals surface area contributed by atoms with Crippen LogP contribution in [0, 0.1) is 11.7 Å². The van der Waals surface area contributed by atoms with Gasteiger partial charge in [-0.1, -0.05) is 26.0 Å². The zero-order chi connectivity index (χ0) is 14.4. The molecule has 0 saturated heterocycles. The summed E-state index contributed by atoms with van der Waals surface area (Å²) in [5.41, 5.74) is 1.54. The lowest BCUT2D eigenvalue weighted by molar-refractivity contribution is -0.132. The molecule has 0 spiro atoms. The van der Waals surface area contributed by atoms with Gasteiger partial charge in [0.25, 0.3) is 0 Å². The monoisotopic (exact) mass is 264 g/mol. The molecule has 1 aromatic rings. The van der Waals surface area contributed by atoms with Gasteiger partial charge in [-0.3, -0.25) is 0 Å². The topological polar surface area (TPSA) is 54.4 Å². The van der Waals surface area contributed by atoms with E-state index in [1.54, 1.807) is 19.1 Å². The van der Waals surface area contributed by atoms with E-state index in [2.05, 4.69) is 0 Å². The van der Waals surface area contributed by atoms with E-state index in [1.165, 1.54) is 12.1 Å². The number of carboxylic acid groups (broad SMARTS) is 1. The van der Waals surface area contributed by atoms with Crippen molar-refractivity contribution in [3.8, 4) is 0 Å². The molecule has 19 heavy (non-hydrogen) atoms. The summed E-state index contributed by atoms with van der Waals surface area (Å²) in [5, 5.41) is 9.29. The second-order valence-corrected chi connectivity index (χ2v) is 4.44.